The smallest absolute Gasteiger partial charge is 0.191 e. The molecule has 0 spiro atoms. The van der Waals surface area contributed by atoms with Gasteiger partial charge in [0.25, 0.3) is 0 Å². The van der Waals surface area contributed by atoms with Gasteiger partial charge in [0.1, 0.15) is 5.75 Å². The standard InChI is InChI=1S/C21H31N5O2.HI/c1-15(2)20-12-19(28-25-20)13-23-21(22-3)24-16-7-6-10-26(14-16)17-8-5-9-18(11-17)27-4;/h5,8-9,11-12,15-16H,6-7,10,13-14H2,1-4H3,(H2,22,23,24);1H. The van der Waals surface area contributed by atoms with E-state index in [4.69, 9.17) is 9.26 Å². The lowest BCUT2D eigenvalue weighted by molar-refractivity contribution is 0.371. The molecule has 1 saturated heterocycles. The van der Waals surface area contributed by atoms with Crippen LogP contribution in [0.5, 0.6) is 5.75 Å². The van der Waals surface area contributed by atoms with Gasteiger partial charge < -0.3 is 24.8 Å². The first-order valence-electron chi connectivity index (χ1n) is 9.90. The van der Waals surface area contributed by atoms with E-state index in [0.29, 0.717) is 18.5 Å². The molecule has 0 amide bonds. The number of anilines is 1. The van der Waals surface area contributed by atoms with Crippen molar-refractivity contribution in [2.75, 3.05) is 32.1 Å². The summed E-state index contributed by atoms with van der Waals surface area (Å²) in [4.78, 5) is 6.75. The fourth-order valence-electron chi connectivity index (χ4n) is 3.38. The van der Waals surface area contributed by atoms with E-state index in [0.717, 1.165) is 49.1 Å². The Balaban J connectivity index is 0.00000300. The van der Waals surface area contributed by atoms with Gasteiger partial charge in [0, 0.05) is 44.0 Å². The maximum atomic E-state index is 5.39. The number of piperidine rings is 1. The Kier molecular flexibility index (Phi) is 9.06. The Bertz CT molecular complexity index is 793. The average molecular weight is 513 g/mol. The Labute approximate surface area is 190 Å². The number of halogens is 1. The summed E-state index contributed by atoms with van der Waals surface area (Å²) < 4.78 is 10.8. The summed E-state index contributed by atoms with van der Waals surface area (Å²) in [5.74, 6) is 2.84. The van der Waals surface area contributed by atoms with E-state index >= 15 is 0 Å². The monoisotopic (exact) mass is 513 g/mol. The summed E-state index contributed by atoms with van der Waals surface area (Å²) in [6, 6.07) is 10.6. The number of nitrogens with zero attached hydrogens (tertiary/aromatic N) is 3. The number of hydrogen-bond acceptors (Lipinski definition) is 5. The van der Waals surface area contributed by atoms with Gasteiger partial charge in [-0.25, -0.2) is 0 Å². The highest BCUT2D eigenvalue weighted by molar-refractivity contribution is 14.0. The van der Waals surface area contributed by atoms with E-state index in [1.807, 2.05) is 18.2 Å². The highest BCUT2D eigenvalue weighted by atomic mass is 127. The van der Waals surface area contributed by atoms with Gasteiger partial charge in [0.2, 0.25) is 0 Å². The molecule has 0 bridgehead atoms. The fourth-order valence-corrected chi connectivity index (χ4v) is 3.38. The molecule has 0 saturated carbocycles. The van der Waals surface area contributed by atoms with Gasteiger partial charge in [-0.1, -0.05) is 25.1 Å². The van der Waals surface area contributed by atoms with Crippen LogP contribution in [0.25, 0.3) is 0 Å². The lowest BCUT2D eigenvalue weighted by atomic mass is 10.0. The first-order chi connectivity index (χ1) is 13.6. The van der Waals surface area contributed by atoms with Crippen LogP contribution in [0.2, 0.25) is 0 Å². The molecule has 0 radical (unpaired) electrons. The molecule has 1 atom stereocenters. The van der Waals surface area contributed by atoms with Crippen LogP contribution in [0.1, 0.15) is 44.1 Å². The molecule has 1 aliphatic heterocycles. The van der Waals surface area contributed by atoms with Gasteiger partial charge >= 0.3 is 0 Å². The Hall–Kier alpha value is -1.97. The second-order valence-corrected chi connectivity index (χ2v) is 7.43. The minimum Gasteiger partial charge on any atom is -0.497 e. The van der Waals surface area contributed by atoms with E-state index in [9.17, 15) is 0 Å². The highest BCUT2D eigenvalue weighted by Crippen LogP contribution is 2.24. The van der Waals surface area contributed by atoms with Crippen molar-refractivity contribution < 1.29 is 9.26 Å². The van der Waals surface area contributed by atoms with Crippen LogP contribution < -0.4 is 20.3 Å². The lowest BCUT2D eigenvalue weighted by Crippen LogP contribution is -2.51. The van der Waals surface area contributed by atoms with Crippen LogP contribution in [-0.4, -0.2) is 44.4 Å². The van der Waals surface area contributed by atoms with Gasteiger partial charge in [-0.15, -0.1) is 24.0 Å². The largest absolute Gasteiger partial charge is 0.497 e. The number of rotatable bonds is 6. The topological polar surface area (TPSA) is 74.9 Å². The zero-order valence-corrected chi connectivity index (χ0v) is 20.0. The maximum Gasteiger partial charge on any atom is 0.191 e. The Morgan fingerprint density at radius 1 is 1.38 bits per heavy atom. The van der Waals surface area contributed by atoms with E-state index in [1.165, 1.54) is 5.69 Å². The van der Waals surface area contributed by atoms with Crippen molar-refractivity contribution in [2.24, 2.45) is 4.99 Å². The van der Waals surface area contributed by atoms with Gasteiger partial charge in [-0.05, 0) is 30.9 Å². The molecule has 2 N–H and O–H groups in total. The average Bonchev–Trinajstić information content (AvgIpc) is 3.21. The first kappa shape index (κ1) is 23.3. The van der Waals surface area contributed by atoms with Gasteiger partial charge in [-0.2, -0.15) is 0 Å². The van der Waals surface area contributed by atoms with Crippen molar-refractivity contribution in [1.82, 2.24) is 15.8 Å². The van der Waals surface area contributed by atoms with Crippen molar-refractivity contribution in [3.63, 3.8) is 0 Å². The third-order valence-electron chi connectivity index (χ3n) is 5.00. The zero-order chi connectivity index (χ0) is 19.9. The molecule has 0 aliphatic carbocycles. The normalized spacial score (nSPS) is 17.1. The number of ether oxygens (including phenoxy) is 1. The predicted molar refractivity (Wildman–Crippen MR) is 128 cm³/mol. The van der Waals surface area contributed by atoms with Crippen LogP contribution in [0, 0.1) is 0 Å². The minimum atomic E-state index is 0. The molecule has 2 aromatic rings. The van der Waals surface area contributed by atoms with Crippen LogP contribution in [0.3, 0.4) is 0 Å². The zero-order valence-electron chi connectivity index (χ0n) is 17.6. The number of aliphatic imine (C=N–C) groups is 1. The van der Waals surface area contributed by atoms with Gasteiger partial charge in [0.15, 0.2) is 11.7 Å². The van der Waals surface area contributed by atoms with Crippen molar-refractivity contribution >= 4 is 35.6 Å². The summed E-state index contributed by atoms with van der Waals surface area (Å²) in [5, 5.41) is 11.0. The first-order valence-corrected chi connectivity index (χ1v) is 9.90. The summed E-state index contributed by atoms with van der Waals surface area (Å²) in [5.41, 5.74) is 2.16. The SMILES string of the molecule is CN=C(NCc1cc(C(C)C)no1)NC1CCCN(c2cccc(OC)c2)C1.I. The number of benzene rings is 1. The molecule has 2 heterocycles. The van der Waals surface area contributed by atoms with E-state index in [2.05, 4.69) is 51.7 Å². The van der Waals surface area contributed by atoms with E-state index < -0.39 is 0 Å². The maximum absolute atomic E-state index is 5.39. The molecular weight excluding hydrogens is 481 g/mol. The van der Waals surface area contributed by atoms with E-state index in [-0.39, 0.29) is 24.0 Å². The molecule has 1 aromatic carbocycles. The molecule has 160 valence electrons. The molecule has 8 heteroatoms. The van der Waals surface area contributed by atoms with Crippen LogP contribution in [0.4, 0.5) is 5.69 Å². The Morgan fingerprint density at radius 2 is 2.21 bits per heavy atom. The van der Waals surface area contributed by atoms with Crippen LogP contribution in [-0.2, 0) is 6.54 Å². The predicted octanol–water partition coefficient (Wildman–Crippen LogP) is 3.76. The summed E-state index contributed by atoms with van der Waals surface area (Å²) in [7, 11) is 3.49. The molecule has 1 aliphatic rings. The number of methoxy groups -OCH3 is 1. The second kappa shape index (κ2) is 11.3. The van der Waals surface area contributed by atoms with Crippen molar-refractivity contribution in [3.8, 4) is 5.75 Å². The fraction of sp³-hybridized carbons (Fsp3) is 0.524. The summed E-state index contributed by atoms with van der Waals surface area (Å²) in [6.07, 6.45) is 2.24. The molecule has 1 fully saturated rings. The Morgan fingerprint density at radius 3 is 2.90 bits per heavy atom. The highest BCUT2D eigenvalue weighted by Gasteiger charge is 2.21. The van der Waals surface area contributed by atoms with Crippen LogP contribution >= 0.6 is 24.0 Å². The number of aromatic nitrogens is 1. The molecule has 1 aromatic heterocycles. The van der Waals surface area contributed by atoms with Gasteiger partial charge in [0.05, 0.1) is 19.3 Å². The number of guanidine groups is 1. The van der Waals surface area contributed by atoms with Gasteiger partial charge in [-0.3, -0.25) is 4.99 Å². The second-order valence-electron chi connectivity index (χ2n) is 7.43. The molecule has 1 unspecified atom stereocenters. The van der Waals surface area contributed by atoms with Crippen molar-refractivity contribution in [1.29, 1.82) is 0 Å². The van der Waals surface area contributed by atoms with Crippen molar-refractivity contribution in [2.45, 2.75) is 45.2 Å². The van der Waals surface area contributed by atoms with Crippen LogP contribution in [0.15, 0.2) is 39.8 Å². The van der Waals surface area contributed by atoms with E-state index in [1.54, 1.807) is 14.2 Å². The lowest BCUT2D eigenvalue weighted by Gasteiger charge is -2.35. The van der Waals surface area contributed by atoms with Crippen molar-refractivity contribution in [3.05, 3.63) is 41.8 Å². The molecule has 3 rings (SSSR count). The molecule has 7 nitrogen and oxygen atoms in total. The summed E-state index contributed by atoms with van der Waals surface area (Å²) in [6.45, 7) is 6.74. The summed E-state index contributed by atoms with van der Waals surface area (Å²) >= 11 is 0. The minimum absolute atomic E-state index is 0. The third-order valence-corrected chi connectivity index (χ3v) is 5.00. The quantitative estimate of drug-likeness (QED) is 0.348. The number of hydrogen-bond donors (Lipinski definition) is 2. The third kappa shape index (κ3) is 6.52. The number of nitrogens with one attached hydrogen (secondary N) is 2. The molecular formula is C21H32IN5O2. The molecule has 29 heavy (non-hydrogen) atoms.